The number of benzene rings is 4. The Morgan fingerprint density at radius 3 is 1.18 bits per heavy atom. The number of hydrogen-bond acceptors (Lipinski definition) is 8. The van der Waals surface area contributed by atoms with Crippen molar-refractivity contribution >= 4 is 23.9 Å². The van der Waals surface area contributed by atoms with Crippen LogP contribution in [0.15, 0.2) is 121 Å². The molecule has 0 aliphatic heterocycles. The molecule has 0 radical (unpaired) electrons. The summed E-state index contributed by atoms with van der Waals surface area (Å²) in [6.07, 6.45) is -3.79. The lowest BCUT2D eigenvalue weighted by Gasteiger charge is -2.35. The van der Waals surface area contributed by atoms with Crippen molar-refractivity contribution in [3.63, 3.8) is 0 Å². The quantitative estimate of drug-likeness (QED) is 0.227. The van der Waals surface area contributed by atoms with Crippen molar-refractivity contribution < 1.29 is 49.1 Å². The van der Waals surface area contributed by atoms with E-state index in [4.69, 9.17) is 19.7 Å². The van der Waals surface area contributed by atoms with Gasteiger partial charge in [0.25, 0.3) is 0 Å². The average molecular weight is 601 g/mol. The molecule has 4 atom stereocenters. The Bertz CT molecular complexity index is 1430. The molecule has 0 amide bonds. The highest BCUT2D eigenvalue weighted by atomic mass is 16.6. The molecule has 1 fully saturated rings. The molecule has 1 aliphatic rings. The molecule has 0 saturated heterocycles. The maximum absolute atomic E-state index is 12.2. The van der Waals surface area contributed by atoms with Crippen LogP contribution in [0.4, 0.5) is 0 Å². The second-order valence-corrected chi connectivity index (χ2v) is 9.57. The van der Waals surface area contributed by atoms with E-state index in [-0.39, 0.29) is 12.8 Å². The molecule has 4 N–H and O–H groups in total. The third-order valence-corrected chi connectivity index (χ3v) is 6.37. The number of esters is 2. The third kappa shape index (κ3) is 10.5. The Morgan fingerprint density at radius 2 is 0.841 bits per heavy atom. The first-order valence-electron chi connectivity index (χ1n) is 13.6. The summed E-state index contributed by atoms with van der Waals surface area (Å²) in [4.78, 5) is 44.8. The van der Waals surface area contributed by atoms with Crippen LogP contribution in [0.1, 0.15) is 54.3 Å². The number of aliphatic hydroxyl groups excluding tert-OH is 2. The van der Waals surface area contributed by atoms with Gasteiger partial charge in [-0.2, -0.15) is 0 Å². The second-order valence-electron chi connectivity index (χ2n) is 9.57. The highest BCUT2D eigenvalue weighted by molar-refractivity contribution is 5.90. The van der Waals surface area contributed by atoms with Gasteiger partial charge in [0.05, 0.1) is 28.4 Å². The van der Waals surface area contributed by atoms with Crippen molar-refractivity contribution in [2.24, 2.45) is 0 Å². The van der Waals surface area contributed by atoms with Gasteiger partial charge in [-0.05, 0) is 48.5 Å². The first kappa shape index (κ1) is 33.2. The molecule has 0 aromatic heterocycles. The Labute approximate surface area is 253 Å². The summed E-state index contributed by atoms with van der Waals surface area (Å²) in [6.45, 7) is 0. The summed E-state index contributed by atoms with van der Waals surface area (Å²) in [5.74, 6) is -2.88. The van der Waals surface area contributed by atoms with Gasteiger partial charge >= 0.3 is 23.9 Å². The largest absolute Gasteiger partial charge is 0.478 e. The van der Waals surface area contributed by atoms with E-state index in [0.29, 0.717) is 22.3 Å². The molecule has 10 nitrogen and oxygen atoms in total. The van der Waals surface area contributed by atoms with Gasteiger partial charge in [-0.1, -0.05) is 72.8 Å². The van der Waals surface area contributed by atoms with Crippen LogP contribution in [0.25, 0.3) is 0 Å². The predicted octanol–water partition coefficient (Wildman–Crippen LogP) is 4.72. The number of carboxylic acid groups (broad SMARTS) is 2. The minimum Gasteiger partial charge on any atom is -0.478 e. The van der Waals surface area contributed by atoms with Crippen LogP contribution in [0.5, 0.6) is 0 Å². The van der Waals surface area contributed by atoms with Gasteiger partial charge in [0.2, 0.25) is 0 Å². The molecule has 10 heteroatoms. The molecule has 4 aromatic rings. The number of hydrogen-bond donors (Lipinski definition) is 4. The summed E-state index contributed by atoms with van der Waals surface area (Å²) in [5, 5.41) is 37.0. The van der Waals surface area contributed by atoms with Gasteiger partial charge in [0, 0.05) is 12.8 Å². The summed E-state index contributed by atoms with van der Waals surface area (Å²) in [6, 6.07) is 33.5. The third-order valence-electron chi connectivity index (χ3n) is 6.37. The van der Waals surface area contributed by atoms with E-state index in [1.807, 2.05) is 0 Å². The molecular weight excluding hydrogens is 568 g/mol. The van der Waals surface area contributed by atoms with Crippen LogP contribution in [-0.2, 0) is 9.47 Å². The SMILES string of the molecule is O=C(O)c1ccccc1.O=C(O)c1ccccc1.O=C(OC1CC(O)C(O)C(OC(=O)c2ccccc2)C1)c1ccccc1. The van der Waals surface area contributed by atoms with E-state index in [0.717, 1.165) is 0 Å². The van der Waals surface area contributed by atoms with Crippen molar-refractivity contribution in [1.82, 2.24) is 0 Å². The molecule has 1 aliphatic carbocycles. The van der Waals surface area contributed by atoms with Crippen LogP contribution < -0.4 is 0 Å². The minimum absolute atomic E-state index is 0.0825. The Kier molecular flexibility index (Phi) is 12.8. The van der Waals surface area contributed by atoms with Gasteiger partial charge < -0.3 is 29.9 Å². The van der Waals surface area contributed by atoms with E-state index in [1.54, 1.807) is 121 Å². The van der Waals surface area contributed by atoms with Gasteiger partial charge in [-0.25, -0.2) is 19.2 Å². The second kappa shape index (κ2) is 17.0. The normalized spacial score (nSPS) is 18.6. The zero-order valence-corrected chi connectivity index (χ0v) is 23.5. The summed E-state index contributed by atoms with van der Waals surface area (Å²) >= 11 is 0. The lowest BCUT2D eigenvalue weighted by molar-refractivity contribution is -0.123. The van der Waals surface area contributed by atoms with E-state index in [1.165, 1.54) is 0 Å². The van der Waals surface area contributed by atoms with Gasteiger partial charge in [-0.3, -0.25) is 0 Å². The van der Waals surface area contributed by atoms with Gasteiger partial charge in [-0.15, -0.1) is 0 Å². The fourth-order valence-corrected chi connectivity index (χ4v) is 4.10. The van der Waals surface area contributed by atoms with Crippen molar-refractivity contribution in [3.8, 4) is 0 Å². The average Bonchev–Trinajstić information content (AvgIpc) is 3.05. The highest BCUT2D eigenvalue weighted by Crippen LogP contribution is 2.26. The zero-order valence-electron chi connectivity index (χ0n) is 23.5. The molecule has 1 saturated carbocycles. The molecule has 5 rings (SSSR count). The number of aromatic carboxylic acids is 2. The standard InChI is InChI=1S/C20H20O6.2C7H6O2/c21-16-11-15(25-19(23)13-7-3-1-4-8-13)12-17(18(16)22)26-20(24)14-9-5-2-6-10-14;2*8-7(9)6-4-2-1-3-5-6/h1-10,15-18,21-22H,11-12H2;2*1-5H,(H,8,9). The Morgan fingerprint density at radius 1 is 0.500 bits per heavy atom. The smallest absolute Gasteiger partial charge is 0.338 e. The summed E-state index contributed by atoms with van der Waals surface area (Å²) in [5.41, 5.74) is 1.40. The van der Waals surface area contributed by atoms with E-state index in [9.17, 15) is 29.4 Å². The predicted molar refractivity (Wildman–Crippen MR) is 159 cm³/mol. The first-order valence-corrected chi connectivity index (χ1v) is 13.6. The van der Waals surface area contributed by atoms with Crippen LogP contribution >= 0.6 is 0 Å². The molecule has 4 unspecified atom stereocenters. The number of ether oxygens (including phenoxy) is 2. The topological polar surface area (TPSA) is 168 Å². The highest BCUT2D eigenvalue weighted by Gasteiger charge is 2.40. The monoisotopic (exact) mass is 600 g/mol. The van der Waals surface area contributed by atoms with Crippen molar-refractivity contribution in [3.05, 3.63) is 144 Å². The van der Waals surface area contributed by atoms with Crippen LogP contribution in [0.3, 0.4) is 0 Å². The fraction of sp³-hybridized carbons (Fsp3) is 0.176. The Balaban J connectivity index is 0.000000238. The van der Waals surface area contributed by atoms with Crippen molar-refractivity contribution in [1.29, 1.82) is 0 Å². The zero-order chi connectivity index (χ0) is 31.9. The first-order chi connectivity index (χ1) is 21.2. The maximum atomic E-state index is 12.2. The maximum Gasteiger partial charge on any atom is 0.338 e. The fourth-order valence-electron chi connectivity index (χ4n) is 4.10. The molecular formula is C34H32O10. The molecule has 0 bridgehead atoms. The van der Waals surface area contributed by atoms with Crippen LogP contribution in [0, 0.1) is 0 Å². The van der Waals surface area contributed by atoms with Crippen molar-refractivity contribution in [2.45, 2.75) is 37.3 Å². The Hall–Kier alpha value is -5.32. The van der Waals surface area contributed by atoms with E-state index in [2.05, 4.69) is 0 Å². The molecule has 44 heavy (non-hydrogen) atoms. The number of carbonyl (C=O) groups excluding carboxylic acids is 2. The number of carbonyl (C=O) groups is 4. The van der Waals surface area contributed by atoms with Crippen LogP contribution in [0.2, 0.25) is 0 Å². The number of rotatable bonds is 6. The van der Waals surface area contributed by atoms with E-state index < -0.39 is 48.3 Å². The number of carboxylic acids is 2. The molecule has 228 valence electrons. The summed E-state index contributed by atoms with van der Waals surface area (Å²) < 4.78 is 10.7. The van der Waals surface area contributed by atoms with E-state index >= 15 is 0 Å². The number of aliphatic hydroxyl groups is 2. The summed E-state index contributed by atoms with van der Waals surface area (Å²) in [7, 11) is 0. The molecule has 0 spiro atoms. The lowest BCUT2D eigenvalue weighted by atomic mass is 9.89. The lowest BCUT2D eigenvalue weighted by Crippen LogP contribution is -2.49. The molecule has 0 heterocycles. The van der Waals surface area contributed by atoms with Gasteiger partial charge in [0.15, 0.2) is 0 Å². The van der Waals surface area contributed by atoms with Gasteiger partial charge in [0.1, 0.15) is 18.3 Å². The molecule has 4 aromatic carbocycles. The minimum atomic E-state index is -1.23. The van der Waals surface area contributed by atoms with Crippen molar-refractivity contribution in [2.75, 3.05) is 0 Å². The van der Waals surface area contributed by atoms with Crippen LogP contribution in [-0.4, -0.2) is 68.7 Å².